The van der Waals surface area contributed by atoms with E-state index in [2.05, 4.69) is 10.2 Å². The van der Waals surface area contributed by atoms with E-state index in [0.717, 1.165) is 19.0 Å². The minimum Gasteiger partial charge on any atom is -0.983 e. The summed E-state index contributed by atoms with van der Waals surface area (Å²) in [7, 11) is 2.62. The van der Waals surface area contributed by atoms with Crippen LogP contribution in [0.15, 0.2) is 0 Å². The Balaban J connectivity index is -0.0000000800. The van der Waals surface area contributed by atoms with Crippen molar-refractivity contribution in [2.45, 2.75) is 12.5 Å². The molecule has 0 saturated heterocycles. The second kappa shape index (κ2) is 15.7. The summed E-state index contributed by atoms with van der Waals surface area (Å²) in [5.41, 5.74) is 5.13. The molecule has 0 aromatic carbocycles. The molecule has 0 saturated carbocycles. The van der Waals surface area contributed by atoms with Crippen LogP contribution in [0, 0.1) is 0 Å². The molecule has 0 bridgehead atoms. The smallest absolute Gasteiger partial charge is 0.983 e. The van der Waals surface area contributed by atoms with Gasteiger partial charge in [0, 0.05) is 0 Å². The summed E-state index contributed by atoms with van der Waals surface area (Å²) in [5.74, 6) is 0. The standard InChI is InChI=1S/C3H9NSi.2Na/c4-2-1-3-5;;/h5H,1-4H2;;/q-2;2*+1. The van der Waals surface area contributed by atoms with Crippen molar-refractivity contribution >= 4 is 10.2 Å². The van der Waals surface area contributed by atoms with Gasteiger partial charge in [-0.3, -0.25) is 0 Å². The minimum atomic E-state index is 0. The molecule has 4 heteroatoms. The second-order valence-electron chi connectivity index (χ2n) is 0.931. The van der Waals surface area contributed by atoms with Gasteiger partial charge >= 0.3 is 59.1 Å². The van der Waals surface area contributed by atoms with E-state index >= 15 is 0 Å². The zero-order valence-corrected chi connectivity index (χ0v) is 10.4. The molecule has 0 aromatic heterocycles. The van der Waals surface area contributed by atoms with Crippen LogP contribution >= 0.6 is 0 Å². The van der Waals surface area contributed by atoms with Crippen LogP contribution in [-0.4, -0.2) is 16.8 Å². The van der Waals surface area contributed by atoms with Gasteiger partial charge in [0.2, 0.25) is 0 Å². The first-order valence-electron chi connectivity index (χ1n) is 1.82. The van der Waals surface area contributed by atoms with Gasteiger partial charge in [-0.05, 0) is 6.54 Å². The molecule has 0 aromatic rings. The fraction of sp³-hybridized carbons (Fsp3) is 1.00. The quantitative estimate of drug-likeness (QED) is 0.373. The summed E-state index contributed by atoms with van der Waals surface area (Å²) in [5, 5.41) is 0. The van der Waals surface area contributed by atoms with Crippen molar-refractivity contribution < 1.29 is 59.1 Å². The van der Waals surface area contributed by atoms with Crippen LogP contribution in [0.1, 0.15) is 6.42 Å². The van der Waals surface area contributed by atoms with Gasteiger partial charge in [0.15, 0.2) is 0 Å². The SMILES string of the molecule is NCCC[SiH-2].[Na+].[Na+]. The fourth-order valence-electron chi connectivity index (χ4n) is 0.118. The molecule has 1 nitrogen and oxygen atoms in total. The average Bonchev–Trinajstić information content (AvgIpc) is 1.41. The number of hydrogen-bond donors (Lipinski definition) is 1. The maximum atomic E-state index is 5.13. The van der Waals surface area contributed by atoms with Crippen molar-refractivity contribution in [2.75, 3.05) is 6.54 Å². The Morgan fingerprint density at radius 2 is 1.71 bits per heavy atom. The third-order valence-electron chi connectivity index (χ3n) is 0.408. The second-order valence-corrected chi connectivity index (χ2v) is 1.51. The predicted molar refractivity (Wildman–Crippen MR) is 25.6 cm³/mol. The van der Waals surface area contributed by atoms with E-state index in [-0.39, 0.29) is 59.1 Å². The molecule has 2 N–H and O–H groups in total. The maximum absolute atomic E-state index is 5.13. The normalized spacial score (nSPS) is 6.00. The Kier molecular flexibility index (Phi) is 36.1. The van der Waals surface area contributed by atoms with E-state index in [0.29, 0.717) is 0 Å². The summed E-state index contributed by atoms with van der Waals surface area (Å²) in [6, 6.07) is 1.14. The first kappa shape index (κ1) is 16.1. The average molecular weight is 133 g/mol. The molecule has 7 heavy (non-hydrogen) atoms. The van der Waals surface area contributed by atoms with E-state index in [1.807, 2.05) is 0 Å². The molecule has 0 aliphatic carbocycles. The molecular formula is C3H9NNa2Si. The van der Waals surface area contributed by atoms with E-state index in [1.165, 1.54) is 0 Å². The molecule has 0 radical (unpaired) electrons. The van der Waals surface area contributed by atoms with Gasteiger partial charge in [-0.15, -0.1) is 0 Å². The zero-order valence-electron chi connectivity index (χ0n) is 5.28. The summed E-state index contributed by atoms with van der Waals surface area (Å²) in [6.07, 6.45) is 1.13. The molecule has 0 spiro atoms. The number of nitrogens with two attached hydrogens (primary N) is 1. The van der Waals surface area contributed by atoms with Crippen LogP contribution in [0.3, 0.4) is 0 Å². The van der Waals surface area contributed by atoms with E-state index in [9.17, 15) is 0 Å². The Morgan fingerprint density at radius 1 is 1.29 bits per heavy atom. The first-order chi connectivity index (χ1) is 2.41. The van der Waals surface area contributed by atoms with E-state index in [4.69, 9.17) is 5.73 Å². The van der Waals surface area contributed by atoms with Gasteiger partial charge in [0.05, 0.1) is 0 Å². The van der Waals surface area contributed by atoms with Gasteiger partial charge in [-0.1, -0.05) is 6.42 Å². The van der Waals surface area contributed by atoms with Crippen LogP contribution in [0.25, 0.3) is 0 Å². The maximum Gasteiger partial charge on any atom is 1.00 e. The summed E-state index contributed by atoms with van der Waals surface area (Å²) in [6.45, 7) is 0.823. The van der Waals surface area contributed by atoms with Gasteiger partial charge < -0.3 is 22.0 Å². The molecule has 0 fully saturated rings. The van der Waals surface area contributed by atoms with Crippen LogP contribution < -0.4 is 64.8 Å². The number of rotatable bonds is 2. The van der Waals surface area contributed by atoms with Crippen molar-refractivity contribution in [3.05, 3.63) is 0 Å². The summed E-state index contributed by atoms with van der Waals surface area (Å²) < 4.78 is 0. The Bertz CT molecular complexity index is 20.4. The van der Waals surface area contributed by atoms with Crippen LogP contribution in [0.5, 0.6) is 0 Å². The third-order valence-corrected chi connectivity index (χ3v) is 0.816. The van der Waals surface area contributed by atoms with Crippen LogP contribution in [0.4, 0.5) is 0 Å². The molecule has 0 aliphatic heterocycles. The molecular weight excluding hydrogens is 124 g/mol. The van der Waals surface area contributed by atoms with Crippen LogP contribution in [0.2, 0.25) is 6.04 Å². The predicted octanol–water partition coefficient (Wildman–Crippen LogP) is -6.34. The molecule has 0 amide bonds. The zero-order chi connectivity index (χ0) is 4.12. The minimum absolute atomic E-state index is 0. The molecule has 0 atom stereocenters. The summed E-state index contributed by atoms with van der Waals surface area (Å²) in [4.78, 5) is 0. The third kappa shape index (κ3) is 17.9. The van der Waals surface area contributed by atoms with Gasteiger partial charge in [0.1, 0.15) is 0 Å². The van der Waals surface area contributed by atoms with Gasteiger partial charge in [0.25, 0.3) is 0 Å². The van der Waals surface area contributed by atoms with Crippen molar-refractivity contribution in [1.29, 1.82) is 0 Å². The topological polar surface area (TPSA) is 26.0 Å². The van der Waals surface area contributed by atoms with Gasteiger partial charge in [-0.2, -0.15) is 0 Å². The van der Waals surface area contributed by atoms with Crippen molar-refractivity contribution in [3.8, 4) is 0 Å². The molecule has 0 heterocycles. The molecule has 0 unspecified atom stereocenters. The largest absolute Gasteiger partial charge is 1.00 e. The summed E-state index contributed by atoms with van der Waals surface area (Å²) >= 11 is 0. The Labute approximate surface area is 92.8 Å². The molecule has 0 aliphatic rings. The van der Waals surface area contributed by atoms with Crippen LogP contribution in [-0.2, 0) is 0 Å². The Hall–Kier alpha value is 2.18. The van der Waals surface area contributed by atoms with Crippen molar-refractivity contribution in [2.24, 2.45) is 5.73 Å². The van der Waals surface area contributed by atoms with Gasteiger partial charge in [-0.25, -0.2) is 0 Å². The van der Waals surface area contributed by atoms with E-state index < -0.39 is 0 Å². The molecule has 32 valence electrons. The number of hydrogen-bond acceptors (Lipinski definition) is 1. The first-order valence-corrected chi connectivity index (χ1v) is 2.63. The molecule has 0 rings (SSSR count). The monoisotopic (exact) mass is 133 g/mol. The van der Waals surface area contributed by atoms with Crippen molar-refractivity contribution in [1.82, 2.24) is 0 Å². The van der Waals surface area contributed by atoms with E-state index in [1.54, 1.807) is 0 Å². The Morgan fingerprint density at radius 3 is 1.71 bits per heavy atom. The fourth-order valence-corrected chi connectivity index (χ4v) is 0.354. The van der Waals surface area contributed by atoms with Crippen molar-refractivity contribution in [3.63, 3.8) is 0 Å².